The van der Waals surface area contributed by atoms with E-state index in [4.69, 9.17) is 9.47 Å². The molecule has 1 amide bonds. The minimum absolute atomic E-state index is 0.0156. The number of rotatable bonds is 6. The van der Waals surface area contributed by atoms with E-state index in [1.165, 1.54) is 0 Å². The maximum Gasteiger partial charge on any atom is 0.341 e. The molecule has 0 unspecified atom stereocenters. The lowest BCUT2D eigenvalue weighted by molar-refractivity contribution is -0.123. The number of hydrogen-bond donors (Lipinski definition) is 1. The van der Waals surface area contributed by atoms with Gasteiger partial charge in [0.05, 0.1) is 12.7 Å². The second-order valence-corrected chi connectivity index (χ2v) is 6.47. The first kappa shape index (κ1) is 19.0. The van der Waals surface area contributed by atoms with E-state index in [0.717, 1.165) is 6.42 Å². The Morgan fingerprint density at radius 3 is 2.39 bits per heavy atom. The zero-order valence-electron chi connectivity index (χ0n) is 14.9. The molecule has 0 aliphatic carbocycles. The predicted octanol–water partition coefficient (Wildman–Crippen LogP) is 4.03. The fourth-order valence-corrected chi connectivity index (χ4v) is 1.70. The molecule has 1 aromatic rings. The summed E-state index contributed by atoms with van der Waals surface area (Å²) in [5.41, 5.74) is 0.346. The van der Waals surface area contributed by atoms with Gasteiger partial charge >= 0.3 is 5.97 Å². The summed E-state index contributed by atoms with van der Waals surface area (Å²) >= 11 is 0. The molecule has 0 aliphatic rings. The highest BCUT2D eigenvalue weighted by molar-refractivity contribution is 5.98. The molecule has 0 bridgehead atoms. The van der Waals surface area contributed by atoms with E-state index < -0.39 is 11.4 Å². The largest absolute Gasteiger partial charge is 0.490 e. The standard InChI is InChI=1S/C18H27NO4/c1-7-12(3)23-15-10-9-13(19-17(21)18(4,5)6)11-14(15)16(20)22-8-2/h9-12H,7-8H2,1-6H3,(H,19,21)/t12-/m0/s1. The third-order valence-electron chi connectivity index (χ3n) is 3.32. The zero-order valence-corrected chi connectivity index (χ0v) is 14.9. The summed E-state index contributed by atoms with van der Waals surface area (Å²) in [6.45, 7) is 11.5. The van der Waals surface area contributed by atoms with Crippen molar-refractivity contribution in [2.75, 3.05) is 11.9 Å². The van der Waals surface area contributed by atoms with Gasteiger partial charge in [-0.1, -0.05) is 27.7 Å². The molecule has 5 nitrogen and oxygen atoms in total. The number of nitrogens with one attached hydrogen (secondary N) is 1. The fourth-order valence-electron chi connectivity index (χ4n) is 1.70. The van der Waals surface area contributed by atoms with Crippen LogP contribution in [0.15, 0.2) is 18.2 Å². The Bertz CT molecular complexity index is 561. The molecule has 0 aromatic heterocycles. The van der Waals surface area contributed by atoms with E-state index in [1.807, 2.05) is 34.6 Å². The molecule has 0 radical (unpaired) electrons. The number of amides is 1. The van der Waals surface area contributed by atoms with Crippen LogP contribution in [0.3, 0.4) is 0 Å². The second kappa shape index (κ2) is 7.99. The fraction of sp³-hybridized carbons (Fsp3) is 0.556. The van der Waals surface area contributed by atoms with Crippen LogP contribution in [0.2, 0.25) is 0 Å². The molecule has 0 spiro atoms. The monoisotopic (exact) mass is 321 g/mol. The van der Waals surface area contributed by atoms with Crippen LogP contribution in [0.25, 0.3) is 0 Å². The topological polar surface area (TPSA) is 64.6 Å². The van der Waals surface area contributed by atoms with Gasteiger partial charge in [-0.15, -0.1) is 0 Å². The molecule has 1 N–H and O–H groups in total. The molecule has 1 rings (SSSR count). The zero-order chi connectivity index (χ0) is 17.6. The maximum absolute atomic E-state index is 12.2. The van der Waals surface area contributed by atoms with Crippen molar-refractivity contribution >= 4 is 17.6 Å². The maximum atomic E-state index is 12.2. The average molecular weight is 321 g/mol. The Labute approximate surface area is 138 Å². The Morgan fingerprint density at radius 2 is 1.87 bits per heavy atom. The van der Waals surface area contributed by atoms with Crippen molar-refractivity contribution in [3.8, 4) is 5.75 Å². The number of anilines is 1. The molecule has 0 saturated heterocycles. The van der Waals surface area contributed by atoms with Crippen molar-refractivity contribution < 1.29 is 19.1 Å². The van der Waals surface area contributed by atoms with Crippen molar-refractivity contribution in [1.29, 1.82) is 0 Å². The minimum Gasteiger partial charge on any atom is -0.490 e. The van der Waals surface area contributed by atoms with E-state index in [2.05, 4.69) is 5.32 Å². The summed E-state index contributed by atoms with van der Waals surface area (Å²) in [5, 5.41) is 2.81. The highest BCUT2D eigenvalue weighted by Gasteiger charge is 2.22. The average Bonchev–Trinajstić information content (AvgIpc) is 2.47. The van der Waals surface area contributed by atoms with Crippen LogP contribution in [0.1, 0.15) is 58.3 Å². The molecule has 1 aromatic carbocycles. The number of hydrogen-bond acceptors (Lipinski definition) is 4. The Hall–Kier alpha value is -2.04. The molecular formula is C18H27NO4. The van der Waals surface area contributed by atoms with Gasteiger partial charge in [0, 0.05) is 11.1 Å². The van der Waals surface area contributed by atoms with E-state index in [1.54, 1.807) is 25.1 Å². The second-order valence-electron chi connectivity index (χ2n) is 6.47. The first-order chi connectivity index (χ1) is 10.7. The lowest BCUT2D eigenvalue weighted by atomic mass is 9.95. The summed E-state index contributed by atoms with van der Waals surface area (Å²) < 4.78 is 10.9. The molecular weight excluding hydrogens is 294 g/mol. The summed E-state index contributed by atoms with van der Waals surface area (Å²) in [6.07, 6.45) is 0.809. The summed E-state index contributed by atoms with van der Waals surface area (Å²) in [7, 11) is 0. The summed E-state index contributed by atoms with van der Waals surface area (Å²) in [6, 6.07) is 5.01. The molecule has 5 heteroatoms. The van der Waals surface area contributed by atoms with Crippen molar-refractivity contribution in [1.82, 2.24) is 0 Å². The predicted molar refractivity (Wildman–Crippen MR) is 90.9 cm³/mol. The summed E-state index contributed by atoms with van der Waals surface area (Å²) in [4.78, 5) is 24.2. The quantitative estimate of drug-likeness (QED) is 0.804. The number of carbonyl (C=O) groups excluding carboxylic acids is 2. The van der Waals surface area contributed by atoms with Crippen molar-refractivity contribution in [3.05, 3.63) is 23.8 Å². The number of benzene rings is 1. The van der Waals surface area contributed by atoms with Gasteiger partial charge in [0.1, 0.15) is 11.3 Å². The van der Waals surface area contributed by atoms with Crippen LogP contribution in [0.4, 0.5) is 5.69 Å². The molecule has 1 atom stereocenters. The van der Waals surface area contributed by atoms with Crippen LogP contribution in [-0.2, 0) is 9.53 Å². The van der Waals surface area contributed by atoms with Gasteiger partial charge in [-0.3, -0.25) is 4.79 Å². The molecule has 128 valence electrons. The van der Waals surface area contributed by atoms with Crippen LogP contribution >= 0.6 is 0 Å². The Morgan fingerprint density at radius 1 is 1.22 bits per heavy atom. The van der Waals surface area contributed by atoms with Crippen LogP contribution < -0.4 is 10.1 Å². The van der Waals surface area contributed by atoms with Gasteiger partial charge in [0.25, 0.3) is 0 Å². The van der Waals surface area contributed by atoms with Crippen molar-refractivity contribution in [2.24, 2.45) is 5.41 Å². The van der Waals surface area contributed by atoms with Crippen LogP contribution in [0, 0.1) is 5.41 Å². The van der Waals surface area contributed by atoms with Gasteiger partial charge in [-0.25, -0.2) is 4.79 Å². The lowest BCUT2D eigenvalue weighted by Gasteiger charge is -2.19. The smallest absolute Gasteiger partial charge is 0.341 e. The molecule has 23 heavy (non-hydrogen) atoms. The van der Waals surface area contributed by atoms with Gasteiger partial charge in [-0.2, -0.15) is 0 Å². The third-order valence-corrected chi connectivity index (χ3v) is 3.32. The van der Waals surface area contributed by atoms with Gasteiger partial charge in [-0.05, 0) is 38.5 Å². The van der Waals surface area contributed by atoms with Gasteiger partial charge in [0.15, 0.2) is 0 Å². The van der Waals surface area contributed by atoms with Crippen LogP contribution in [-0.4, -0.2) is 24.6 Å². The van der Waals surface area contributed by atoms with Crippen molar-refractivity contribution in [3.63, 3.8) is 0 Å². The molecule has 0 aliphatic heterocycles. The van der Waals surface area contributed by atoms with E-state index in [9.17, 15) is 9.59 Å². The van der Waals surface area contributed by atoms with E-state index in [-0.39, 0.29) is 18.6 Å². The van der Waals surface area contributed by atoms with Gasteiger partial charge in [0.2, 0.25) is 5.91 Å². The van der Waals surface area contributed by atoms with Crippen molar-refractivity contribution in [2.45, 2.75) is 54.1 Å². The normalized spacial score (nSPS) is 12.4. The first-order valence-corrected chi connectivity index (χ1v) is 7.98. The summed E-state index contributed by atoms with van der Waals surface area (Å²) in [5.74, 6) is -0.118. The third kappa shape index (κ3) is 5.58. The van der Waals surface area contributed by atoms with Crippen LogP contribution in [0.5, 0.6) is 5.75 Å². The molecule has 0 saturated carbocycles. The Kier molecular flexibility index (Phi) is 6.61. The SMILES string of the molecule is CCOC(=O)c1cc(NC(=O)C(C)(C)C)ccc1O[C@@H](C)CC. The highest BCUT2D eigenvalue weighted by Crippen LogP contribution is 2.26. The number of esters is 1. The molecule has 0 heterocycles. The van der Waals surface area contributed by atoms with Gasteiger partial charge < -0.3 is 14.8 Å². The lowest BCUT2D eigenvalue weighted by Crippen LogP contribution is -2.27. The molecule has 0 fully saturated rings. The van der Waals surface area contributed by atoms with E-state index >= 15 is 0 Å². The number of ether oxygens (including phenoxy) is 2. The number of carbonyl (C=O) groups is 2. The van der Waals surface area contributed by atoms with E-state index in [0.29, 0.717) is 17.0 Å². The highest BCUT2D eigenvalue weighted by atomic mass is 16.5. The Balaban J connectivity index is 3.11. The minimum atomic E-state index is -0.518. The first-order valence-electron chi connectivity index (χ1n) is 7.98.